The number of nitrogens with two attached hydrogens (primary N) is 1. The molecule has 6 nitrogen and oxygen atoms in total. The Labute approximate surface area is 122 Å². The SMILES string of the molecule is NC(=O)C1CCN(C(=O)Cc2ccc3c(c2)OCO3)CC1. The van der Waals surface area contributed by atoms with Gasteiger partial charge >= 0.3 is 0 Å². The molecule has 2 heterocycles. The van der Waals surface area contributed by atoms with E-state index < -0.39 is 0 Å². The van der Waals surface area contributed by atoms with E-state index in [1.807, 2.05) is 18.2 Å². The zero-order valence-electron chi connectivity index (χ0n) is 11.7. The zero-order chi connectivity index (χ0) is 14.8. The monoisotopic (exact) mass is 290 g/mol. The van der Waals surface area contributed by atoms with Gasteiger partial charge in [0.15, 0.2) is 11.5 Å². The van der Waals surface area contributed by atoms with Gasteiger partial charge in [-0.25, -0.2) is 0 Å². The van der Waals surface area contributed by atoms with Crippen molar-refractivity contribution < 1.29 is 19.1 Å². The van der Waals surface area contributed by atoms with Crippen LogP contribution >= 0.6 is 0 Å². The van der Waals surface area contributed by atoms with E-state index in [0.717, 1.165) is 5.56 Å². The van der Waals surface area contributed by atoms with Crippen LogP contribution in [0.5, 0.6) is 11.5 Å². The maximum atomic E-state index is 12.3. The molecule has 1 aromatic rings. The lowest BCUT2D eigenvalue weighted by atomic mass is 9.96. The van der Waals surface area contributed by atoms with Crippen molar-refractivity contribution in [3.8, 4) is 11.5 Å². The maximum Gasteiger partial charge on any atom is 0.231 e. The van der Waals surface area contributed by atoms with Gasteiger partial charge in [-0.1, -0.05) is 6.07 Å². The van der Waals surface area contributed by atoms with Crippen molar-refractivity contribution in [1.82, 2.24) is 4.90 Å². The average Bonchev–Trinajstić information content (AvgIpc) is 2.95. The van der Waals surface area contributed by atoms with Gasteiger partial charge in [0.05, 0.1) is 6.42 Å². The fraction of sp³-hybridized carbons (Fsp3) is 0.467. The Morgan fingerprint density at radius 3 is 2.62 bits per heavy atom. The Morgan fingerprint density at radius 2 is 1.90 bits per heavy atom. The molecule has 0 unspecified atom stereocenters. The molecule has 21 heavy (non-hydrogen) atoms. The molecule has 0 atom stereocenters. The third kappa shape index (κ3) is 2.94. The number of hydrogen-bond acceptors (Lipinski definition) is 4. The lowest BCUT2D eigenvalue weighted by molar-refractivity contribution is -0.134. The van der Waals surface area contributed by atoms with Gasteiger partial charge < -0.3 is 20.1 Å². The van der Waals surface area contributed by atoms with Crippen molar-refractivity contribution in [2.45, 2.75) is 19.3 Å². The predicted molar refractivity (Wildman–Crippen MR) is 74.8 cm³/mol. The van der Waals surface area contributed by atoms with Crippen LogP contribution in [0.15, 0.2) is 18.2 Å². The third-order valence-corrected chi connectivity index (χ3v) is 4.04. The molecule has 2 N–H and O–H groups in total. The molecular formula is C15H18N2O4. The molecule has 0 radical (unpaired) electrons. The quantitative estimate of drug-likeness (QED) is 0.887. The van der Waals surface area contributed by atoms with E-state index in [1.54, 1.807) is 4.90 Å². The van der Waals surface area contributed by atoms with Crippen LogP contribution in [0.1, 0.15) is 18.4 Å². The number of nitrogens with zero attached hydrogens (tertiary/aromatic N) is 1. The summed E-state index contributed by atoms with van der Waals surface area (Å²) in [5.41, 5.74) is 6.20. The number of ether oxygens (including phenoxy) is 2. The minimum atomic E-state index is -0.266. The Morgan fingerprint density at radius 1 is 1.19 bits per heavy atom. The Kier molecular flexibility index (Phi) is 3.68. The van der Waals surface area contributed by atoms with Gasteiger partial charge in [-0.2, -0.15) is 0 Å². The van der Waals surface area contributed by atoms with Crippen LogP contribution in [0.3, 0.4) is 0 Å². The fourth-order valence-electron chi connectivity index (χ4n) is 2.75. The molecule has 6 heteroatoms. The fourth-order valence-corrected chi connectivity index (χ4v) is 2.75. The van der Waals surface area contributed by atoms with Crippen LogP contribution in [0.25, 0.3) is 0 Å². The molecule has 0 aromatic heterocycles. The van der Waals surface area contributed by atoms with Crippen molar-refractivity contribution in [3.05, 3.63) is 23.8 Å². The first-order valence-corrected chi connectivity index (χ1v) is 7.09. The van der Waals surface area contributed by atoms with Crippen molar-refractivity contribution in [2.24, 2.45) is 11.7 Å². The number of benzene rings is 1. The number of piperidine rings is 1. The third-order valence-electron chi connectivity index (χ3n) is 4.04. The molecule has 0 saturated carbocycles. The molecule has 1 saturated heterocycles. The lowest BCUT2D eigenvalue weighted by Crippen LogP contribution is -2.42. The van der Waals surface area contributed by atoms with E-state index in [9.17, 15) is 9.59 Å². The lowest BCUT2D eigenvalue weighted by Gasteiger charge is -2.30. The molecule has 2 aliphatic rings. The maximum absolute atomic E-state index is 12.3. The summed E-state index contributed by atoms with van der Waals surface area (Å²) in [6.45, 7) is 1.42. The first-order valence-electron chi connectivity index (χ1n) is 7.09. The number of carbonyl (C=O) groups excluding carboxylic acids is 2. The van der Waals surface area contributed by atoms with Crippen LogP contribution in [0, 0.1) is 5.92 Å². The average molecular weight is 290 g/mol. The molecule has 1 fully saturated rings. The van der Waals surface area contributed by atoms with E-state index in [0.29, 0.717) is 43.9 Å². The first kappa shape index (κ1) is 13.7. The van der Waals surface area contributed by atoms with E-state index >= 15 is 0 Å². The second-order valence-corrected chi connectivity index (χ2v) is 5.42. The minimum Gasteiger partial charge on any atom is -0.454 e. The van der Waals surface area contributed by atoms with Crippen molar-refractivity contribution in [2.75, 3.05) is 19.9 Å². The highest BCUT2D eigenvalue weighted by Gasteiger charge is 2.26. The highest BCUT2D eigenvalue weighted by atomic mass is 16.7. The second-order valence-electron chi connectivity index (χ2n) is 5.42. The topological polar surface area (TPSA) is 81.9 Å². The summed E-state index contributed by atoms with van der Waals surface area (Å²) in [7, 11) is 0. The van der Waals surface area contributed by atoms with Gasteiger partial charge in [0.2, 0.25) is 18.6 Å². The number of primary amides is 1. The highest BCUT2D eigenvalue weighted by molar-refractivity contribution is 5.80. The Balaban J connectivity index is 1.58. The summed E-state index contributed by atoms with van der Waals surface area (Å²) >= 11 is 0. The number of amides is 2. The Bertz CT molecular complexity index is 565. The molecule has 2 amide bonds. The van der Waals surface area contributed by atoms with Gasteiger partial charge in [-0.05, 0) is 30.5 Å². The van der Waals surface area contributed by atoms with Gasteiger partial charge in [-0.15, -0.1) is 0 Å². The summed E-state index contributed by atoms with van der Waals surface area (Å²) in [4.78, 5) is 25.2. The number of carbonyl (C=O) groups is 2. The largest absolute Gasteiger partial charge is 0.454 e. The van der Waals surface area contributed by atoms with E-state index in [-0.39, 0.29) is 24.5 Å². The van der Waals surface area contributed by atoms with E-state index in [1.165, 1.54) is 0 Å². The van der Waals surface area contributed by atoms with Gasteiger partial charge in [0.25, 0.3) is 0 Å². The summed E-state index contributed by atoms with van der Waals surface area (Å²) in [5, 5.41) is 0. The van der Waals surface area contributed by atoms with Crippen molar-refractivity contribution in [3.63, 3.8) is 0 Å². The smallest absolute Gasteiger partial charge is 0.231 e. The molecule has 0 bridgehead atoms. The van der Waals surface area contributed by atoms with E-state index in [2.05, 4.69) is 0 Å². The van der Waals surface area contributed by atoms with Crippen molar-refractivity contribution in [1.29, 1.82) is 0 Å². The normalized spacial score (nSPS) is 17.8. The zero-order valence-corrected chi connectivity index (χ0v) is 11.7. The van der Waals surface area contributed by atoms with Crippen LogP contribution in [-0.4, -0.2) is 36.6 Å². The van der Waals surface area contributed by atoms with Crippen LogP contribution < -0.4 is 15.2 Å². The number of rotatable bonds is 3. The standard InChI is InChI=1S/C15H18N2O4/c16-15(19)11-3-5-17(6-4-11)14(18)8-10-1-2-12-13(7-10)21-9-20-12/h1-2,7,11H,3-6,8-9H2,(H2,16,19). The summed E-state index contributed by atoms with van der Waals surface area (Å²) in [6, 6.07) is 5.54. The van der Waals surface area contributed by atoms with Crippen LogP contribution in [0.2, 0.25) is 0 Å². The first-order chi connectivity index (χ1) is 10.1. The molecule has 2 aliphatic heterocycles. The summed E-state index contributed by atoms with van der Waals surface area (Å²) in [6.07, 6.45) is 1.64. The van der Waals surface area contributed by atoms with Crippen LogP contribution in [0.4, 0.5) is 0 Å². The van der Waals surface area contributed by atoms with Crippen molar-refractivity contribution >= 4 is 11.8 Å². The number of fused-ring (bicyclic) bond motifs is 1. The second kappa shape index (κ2) is 5.63. The summed E-state index contributed by atoms with van der Waals surface area (Å²) in [5.74, 6) is 1.11. The molecule has 0 aliphatic carbocycles. The predicted octanol–water partition coefficient (Wildman–Crippen LogP) is 0.682. The van der Waals surface area contributed by atoms with E-state index in [4.69, 9.17) is 15.2 Å². The molecule has 3 rings (SSSR count). The van der Waals surface area contributed by atoms with Gasteiger partial charge in [-0.3, -0.25) is 9.59 Å². The van der Waals surface area contributed by atoms with Gasteiger partial charge in [0, 0.05) is 19.0 Å². The molecular weight excluding hydrogens is 272 g/mol. The number of likely N-dealkylation sites (tertiary alicyclic amines) is 1. The molecule has 112 valence electrons. The van der Waals surface area contributed by atoms with Crippen LogP contribution in [-0.2, 0) is 16.0 Å². The summed E-state index contributed by atoms with van der Waals surface area (Å²) < 4.78 is 10.6. The Hall–Kier alpha value is -2.24. The molecule has 0 spiro atoms. The number of hydrogen-bond donors (Lipinski definition) is 1. The molecule has 1 aromatic carbocycles. The van der Waals surface area contributed by atoms with Gasteiger partial charge in [0.1, 0.15) is 0 Å². The highest BCUT2D eigenvalue weighted by Crippen LogP contribution is 2.32. The minimum absolute atomic E-state index is 0.0665.